The molecule has 4 aromatic rings. The largest absolute Gasteiger partial charge is 0.507 e. The Morgan fingerprint density at radius 2 is 1.17 bits per heavy atom. The molecule has 0 fully saturated rings. The van der Waals surface area contributed by atoms with Gasteiger partial charge in [-0.15, -0.1) is 0 Å². The molecule has 1 heterocycles. The summed E-state index contributed by atoms with van der Waals surface area (Å²) in [5.74, 6) is 0.852. The lowest BCUT2D eigenvalue weighted by molar-refractivity contribution is -0.114. The third-order valence-corrected chi connectivity index (χ3v) is 4.39. The molecule has 0 bridgehead atoms. The van der Waals surface area contributed by atoms with Crippen molar-refractivity contribution in [2.75, 3.05) is 5.32 Å². The highest BCUT2D eigenvalue weighted by molar-refractivity contribution is 5.88. The Morgan fingerprint density at radius 3 is 1.63 bits per heavy atom. The number of carbonyl (C=O) groups is 1. The van der Waals surface area contributed by atoms with Crippen molar-refractivity contribution in [2.45, 2.75) is 6.92 Å². The molecule has 3 N–H and O–H groups in total. The van der Waals surface area contributed by atoms with Crippen molar-refractivity contribution in [1.29, 1.82) is 0 Å². The molecule has 0 aliphatic heterocycles. The number of nitrogens with zero attached hydrogens (tertiary/aromatic N) is 3. The summed E-state index contributed by atoms with van der Waals surface area (Å²) in [7, 11) is 0. The second-order valence-corrected chi connectivity index (χ2v) is 6.60. The number of phenols is 2. The van der Waals surface area contributed by atoms with Crippen LogP contribution in [-0.4, -0.2) is 31.1 Å². The van der Waals surface area contributed by atoms with Gasteiger partial charge in [0.15, 0.2) is 17.5 Å². The van der Waals surface area contributed by atoms with E-state index in [-0.39, 0.29) is 29.1 Å². The van der Waals surface area contributed by atoms with Gasteiger partial charge in [-0.25, -0.2) is 15.0 Å². The number of phenolic OH excluding ortho intramolecular Hbond substituents is 2. The second kappa shape index (κ2) is 8.00. The van der Waals surface area contributed by atoms with E-state index in [0.717, 1.165) is 0 Å². The molecule has 0 spiro atoms. The van der Waals surface area contributed by atoms with Crippen LogP contribution < -0.4 is 5.32 Å². The van der Waals surface area contributed by atoms with Crippen LogP contribution in [0.2, 0.25) is 0 Å². The SMILES string of the molecule is CC(=O)Nc1ccc(-c2nc(-c3ccccc3O)nc(-c3ccccc3O)n2)cc1. The third kappa shape index (κ3) is 3.95. The molecule has 0 radical (unpaired) electrons. The Morgan fingerprint density at radius 1 is 0.700 bits per heavy atom. The molecule has 0 atom stereocenters. The standard InChI is InChI=1S/C23H18N4O3/c1-14(28)24-16-12-10-15(11-13-16)21-25-22(17-6-2-4-8-19(17)29)27-23(26-21)18-7-3-5-9-20(18)30/h2-13,29-30H,1H3,(H,24,28). The van der Waals surface area contributed by atoms with E-state index in [4.69, 9.17) is 0 Å². The highest BCUT2D eigenvalue weighted by Crippen LogP contribution is 2.32. The first-order valence-electron chi connectivity index (χ1n) is 9.22. The number of aromatic hydroxyl groups is 2. The maximum atomic E-state index is 11.2. The smallest absolute Gasteiger partial charge is 0.221 e. The van der Waals surface area contributed by atoms with Crippen molar-refractivity contribution in [1.82, 2.24) is 15.0 Å². The number of para-hydroxylation sites is 2. The molecule has 30 heavy (non-hydrogen) atoms. The van der Waals surface area contributed by atoms with E-state index in [0.29, 0.717) is 28.2 Å². The number of carbonyl (C=O) groups excluding carboxylic acids is 1. The number of anilines is 1. The van der Waals surface area contributed by atoms with Crippen molar-refractivity contribution in [3.63, 3.8) is 0 Å². The number of amides is 1. The minimum absolute atomic E-state index is 0.0406. The van der Waals surface area contributed by atoms with E-state index in [1.54, 1.807) is 72.8 Å². The molecule has 3 aromatic carbocycles. The van der Waals surface area contributed by atoms with Gasteiger partial charge in [0.2, 0.25) is 5.91 Å². The van der Waals surface area contributed by atoms with E-state index >= 15 is 0 Å². The van der Waals surface area contributed by atoms with Crippen LogP contribution in [0.4, 0.5) is 5.69 Å². The molecule has 7 nitrogen and oxygen atoms in total. The molecular formula is C23H18N4O3. The van der Waals surface area contributed by atoms with Gasteiger partial charge in [-0.2, -0.15) is 0 Å². The van der Waals surface area contributed by atoms with Gasteiger partial charge in [-0.1, -0.05) is 24.3 Å². The summed E-state index contributed by atoms with van der Waals surface area (Å²) in [6, 6.07) is 20.6. The average Bonchev–Trinajstić information content (AvgIpc) is 2.74. The van der Waals surface area contributed by atoms with E-state index in [9.17, 15) is 15.0 Å². The molecule has 1 amide bonds. The van der Waals surface area contributed by atoms with Crippen LogP contribution in [0.3, 0.4) is 0 Å². The van der Waals surface area contributed by atoms with E-state index < -0.39 is 0 Å². The molecular weight excluding hydrogens is 380 g/mol. The molecule has 4 rings (SSSR count). The van der Waals surface area contributed by atoms with E-state index in [1.807, 2.05) is 0 Å². The average molecular weight is 398 g/mol. The first-order valence-corrected chi connectivity index (χ1v) is 9.22. The molecule has 0 saturated heterocycles. The quantitative estimate of drug-likeness (QED) is 0.474. The van der Waals surface area contributed by atoms with Crippen molar-refractivity contribution in [3.8, 4) is 45.7 Å². The minimum atomic E-state index is -0.161. The zero-order valence-electron chi connectivity index (χ0n) is 16.1. The Labute approximate surface area is 172 Å². The van der Waals surface area contributed by atoms with Crippen LogP contribution in [-0.2, 0) is 4.79 Å². The number of hydrogen-bond donors (Lipinski definition) is 3. The molecule has 0 aliphatic rings. The fourth-order valence-electron chi connectivity index (χ4n) is 2.98. The lowest BCUT2D eigenvalue weighted by Gasteiger charge is -2.10. The van der Waals surface area contributed by atoms with Crippen molar-refractivity contribution in [2.24, 2.45) is 0 Å². The van der Waals surface area contributed by atoms with Crippen molar-refractivity contribution >= 4 is 11.6 Å². The molecule has 0 unspecified atom stereocenters. The van der Waals surface area contributed by atoms with Gasteiger partial charge in [0.05, 0.1) is 11.1 Å². The predicted octanol–water partition coefficient (Wildman–Crippen LogP) is 4.24. The third-order valence-electron chi connectivity index (χ3n) is 4.39. The first-order chi connectivity index (χ1) is 14.5. The van der Waals surface area contributed by atoms with Crippen LogP contribution in [0.25, 0.3) is 34.2 Å². The van der Waals surface area contributed by atoms with Crippen molar-refractivity contribution < 1.29 is 15.0 Å². The summed E-state index contributed by atoms with van der Waals surface area (Å²) < 4.78 is 0. The summed E-state index contributed by atoms with van der Waals surface area (Å²) in [6.45, 7) is 1.44. The Balaban J connectivity index is 1.87. The van der Waals surface area contributed by atoms with Crippen LogP contribution in [0.5, 0.6) is 11.5 Å². The Kier molecular flexibility index (Phi) is 5.09. The molecule has 7 heteroatoms. The van der Waals surface area contributed by atoms with Gasteiger partial charge < -0.3 is 15.5 Å². The zero-order chi connectivity index (χ0) is 21.1. The number of rotatable bonds is 4. The summed E-state index contributed by atoms with van der Waals surface area (Å²) >= 11 is 0. The minimum Gasteiger partial charge on any atom is -0.507 e. The number of hydrogen-bond acceptors (Lipinski definition) is 6. The topological polar surface area (TPSA) is 108 Å². The number of aromatic nitrogens is 3. The Hall–Kier alpha value is -4.26. The van der Waals surface area contributed by atoms with Gasteiger partial charge in [0, 0.05) is 18.2 Å². The number of nitrogens with one attached hydrogen (secondary N) is 1. The summed E-state index contributed by atoms with van der Waals surface area (Å²) in [5, 5.41) is 23.3. The van der Waals surface area contributed by atoms with Gasteiger partial charge in [-0.05, 0) is 48.5 Å². The molecule has 0 saturated carbocycles. The van der Waals surface area contributed by atoms with Crippen LogP contribution in [0, 0.1) is 0 Å². The summed E-state index contributed by atoms with van der Waals surface area (Å²) in [6.07, 6.45) is 0. The zero-order valence-corrected chi connectivity index (χ0v) is 16.1. The highest BCUT2D eigenvalue weighted by atomic mass is 16.3. The lowest BCUT2D eigenvalue weighted by Crippen LogP contribution is -2.05. The normalized spacial score (nSPS) is 10.6. The van der Waals surface area contributed by atoms with Crippen LogP contribution >= 0.6 is 0 Å². The van der Waals surface area contributed by atoms with Gasteiger partial charge >= 0.3 is 0 Å². The van der Waals surface area contributed by atoms with Crippen LogP contribution in [0.15, 0.2) is 72.8 Å². The summed E-state index contributed by atoms with van der Waals surface area (Å²) in [4.78, 5) is 24.8. The first kappa shape index (κ1) is 19.1. The molecule has 148 valence electrons. The Bertz CT molecular complexity index is 1160. The lowest BCUT2D eigenvalue weighted by atomic mass is 10.1. The fourth-order valence-corrected chi connectivity index (χ4v) is 2.98. The molecule has 0 aliphatic carbocycles. The maximum Gasteiger partial charge on any atom is 0.221 e. The van der Waals surface area contributed by atoms with Gasteiger partial charge in [0.1, 0.15) is 11.5 Å². The van der Waals surface area contributed by atoms with E-state index in [1.165, 1.54) is 6.92 Å². The van der Waals surface area contributed by atoms with Gasteiger partial charge in [0.25, 0.3) is 0 Å². The fraction of sp³-hybridized carbons (Fsp3) is 0.0435. The summed E-state index contributed by atoms with van der Waals surface area (Å²) in [5.41, 5.74) is 2.25. The van der Waals surface area contributed by atoms with E-state index in [2.05, 4.69) is 20.3 Å². The van der Waals surface area contributed by atoms with Crippen molar-refractivity contribution in [3.05, 3.63) is 72.8 Å². The number of benzene rings is 3. The predicted molar refractivity (Wildman–Crippen MR) is 114 cm³/mol. The van der Waals surface area contributed by atoms with Gasteiger partial charge in [-0.3, -0.25) is 4.79 Å². The highest BCUT2D eigenvalue weighted by Gasteiger charge is 2.16. The second-order valence-electron chi connectivity index (χ2n) is 6.60. The monoisotopic (exact) mass is 398 g/mol. The van der Waals surface area contributed by atoms with Crippen LogP contribution in [0.1, 0.15) is 6.92 Å². The maximum absolute atomic E-state index is 11.2. The molecule has 1 aromatic heterocycles.